The van der Waals surface area contributed by atoms with Crippen molar-refractivity contribution in [3.05, 3.63) is 71.4 Å². The Morgan fingerprint density at radius 2 is 1.80 bits per heavy atom. The lowest BCUT2D eigenvalue weighted by Crippen LogP contribution is -2.44. The van der Waals surface area contributed by atoms with Gasteiger partial charge in [-0.2, -0.15) is 0 Å². The summed E-state index contributed by atoms with van der Waals surface area (Å²) in [5, 5.41) is 11.8. The zero-order chi connectivity index (χ0) is 24.8. The molecule has 1 N–H and O–H groups in total. The summed E-state index contributed by atoms with van der Waals surface area (Å²) >= 11 is 0. The van der Waals surface area contributed by atoms with E-state index in [0.717, 1.165) is 29.0 Å². The maximum atomic E-state index is 13.7. The standard InChI is InChI=1S/C28H36N4O3/c1-19(2)15-23-18-34-25-12-8-6-9-21(25)16-29-24-11-7-5-10-22(24)17-32(23)27(33)14-13-26-30-31-28(35-26)20(3)4/h5-12,19-20,23,29H,13-18H2,1-4H3/t23-/m0/s1. The Labute approximate surface area is 207 Å². The van der Waals surface area contributed by atoms with E-state index < -0.39 is 0 Å². The Morgan fingerprint density at radius 1 is 1.06 bits per heavy atom. The number of nitrogens with zero attached hydrogens (tertiary/aromatic N) is 3. The molecular formula is C28H36N4O3. The number of ether oxygens (including phenoxy) is 1. The molecule has 1 aliphatic heterocycles. The van der Waals surface area contributed by atoms with E-state index in [0.29, 0.717) is 50.2 Å². The first-order valence-corrected chi connectivity index (χ1v) is 12.5. The second kappa shape index (κ2) is 11.4. The minimum atomic E-state index is -0.0596. The van der Waals surface area contributed by atoms with Crippen molar-refractivity contribution in [3.8, 4) is 5.75 Å². The van der Waals surface area contributed by atoms with Gasteiger partial charge in [-0.3, -0.25) is 4.79 Å². The Balaban J connectivity index is 1.62. The number of aryl methyl sites for hydroxylation is 1. The van der Waals surface area contributed by atoms with Crippen LogP contribution >= 0.6 is 0 Å². The second-order valence-electron chi connectivity index (χ2n) is 9.92. The van der Waals surface area contributed by atoms with Crippen LogP contribution in [-0.2, 0) is 24.3 Å². The summed E-state index contributed by atoms with van der Waals surface area (Å²) in [6.45, 7) is 10.0. The van der Waals surface area contributed by atoms with Gasteiger partial charge in [-0.25, -0.2) is 0 Å². The van der Waals surface area contributed by atoms with E-state index in [2.05, 4.69) is 47.6 Å². The van der Waals surface area contributed by atoms with Gasteiger partial charge < -0.3 is 19.4 Å². The zero-order valence-electron chi connectivity index (χ0n) is 21.2. The van der Waals surface area contributed by atoms with E-state index in [1.165, 1.54) is 0 Å². The third kappa shape index (κ3) is 6.41. The topological polar surface area (TPSA) is 80.5 Å². The van der Waals surface area contributed by atoms with Gasteiger partial charge in [0, 0.05) is 43.1 Å². The van der Waals surface area contributed by atoms with Crippen molar-refractivity contribution in [2.75, 3.05) is 11.9 Å². The molecule has 1 aliphatic rings. The minimum absolute atomic E-state index is 0.0596. The molecule has 4 rings (SSSR count). The van der Waals surface area contributed by atoms with Crippen LogP contribution in [0.4, 0.5) is 5.69 Å². The summed E-state index contributed by atoms with van der Waals surface area (Å²) in [6, 6.07) is 16.2. The monoisotopic (exact) mass is 476 g/mol. The summed E-state index contributed by atoms with van der Waals surface area (Å²) in [5.74, 6) is 2.60. The molecule has 3 aromatic rings. The largest absolute Gasteiger partial charge is 0.491 e. The minimum Gasteiger partial charge on any atom is -0.491 e. The SMILES string of the molecule is CC(C)C[C@H]1COc2ccccc2CNc2ccccc2CN1C(=O)CCc1nnc(C(C)C)o1. The van der Waals surface area contributed by atoms with Crippen molar-refractivity contribution in [2.24, 2.45) is 5.92 Å². The molecule has 2 aromatic carbocycles. The first kappa shape index (κ1) is 24.8. The number of para-hydroxylation sites is 2. The molecule has 1 aromatic heterocycles. The Morgan fingerprint density at radius 3 is 2.54 bits per heavy atom. The summed E-state index contributed by atoms with van der Waals surface area (Å²) in [5.41, 5.74) is 3.22. The van der Waals surface area contributed by atoms with Gasteiger partial charge in [0.15, 0.2) is 0 Å². The molecule has 2 heterocycles. The molecule has 0 aliphatic carbocycles. The van der Waals surface area contributed by atoms with E-state index in [9.17, 15) is 4.79 Å². The first-order valence-electron chi connectivity index (χ1n) is 12.5. The molecule has 0 unspecified atom stereocenters. The fourth-order valence-corrected chi connectivity index (χ4v) is 4.39. The number of aromatic nitrogens is 2. The molecule has 0 saturated heterocycles. The number of benzene rings is 2. The molecule has 7 heteroatoms. The number of anilines is 1. The van der Waals surface area contributed by atoms with Crippen LogP contribution in [0.25, 0.3) is 0 Å². The van der Waals surface area contributed by atoms with Crippen molar-refractivity contribution >= 4 is 11.6 Å². The van der Waals surface area contributed by atoms with Crippen LogP contribution in [0.2, 0.25) is 0 Å². The Kier molecular flexibility index (Phi) is 8.06. The van der Waals surface area contributed by atoms with Gasteiger partial charge in [-0.15, -0.1) is 10.2 Å². The van der Waals surface area contributed by atoms with Gasteiger partial charge in [-0.05, 0) is 30.0 Å². The Bertz CT molecular complexity index is 1120. The van der Waals surface area contributed by atoms with Crippen LogP contribution in [0.1, 0.15) is 69.4 Å². The molecule has 0 fully saturated rings. The summed E-state index contributed by atoms with van der Waals surface area (Å²) in [4.78, 5) is 15.6. The van der Waals surface area contributed by atoms with Crippen LogP contribution in [0, 0.1) is 5.92 Å². The number of fused-ring (bicyclic) bond motifs is 2. The van der Waals surface area contributed by atoms with Crippen LogP contribution in [0.3, 0.4) is 0 Å². The molecule has 0 radical (unpaired) electrons. The highest BCUT2D eigenvalue weighted by molar-refractivity contribution is 5.77. The van der Waals surface area contributed by atoms with E-state index in [1.54, 1.807) is 0 Å². The van der Waals surface area contributed by atoms with Crippen LogP contribution in [-0.4, -0.2) is 33.7 Å². The predicted molar refractivity (Wildman–Crippen MR) is 136 cm³/mol. The second-order valence-corrected chi connectivity index (χ2v) is 9.92. The van der Waals surface area contributed by atoms with Crippen molar-refractivity contribution in [2.45, 2.75) is 72.0 Å². The van der Waals surface area contributed by atoms with Crippen molar-refractivity contribution in [1.29, 1.82) is 0 Å². The molecule has 0 bridgehead atoms. The molecule has 7 nitrogen and oxygen atoms in total. The zero-order valence-corrected chi connectivity index (χ0v) is 21.2. The van der Waals surface area contributed by atoms with Gasteiger partial charge in [0.1, 0.15) is 12.4 Å². The molecule has 0 spiro atoms. The first-order chi connectivity index (χ1) is 16.9. The normalized spacial score (nSPS) is 16.2. The summed E-state index contributed by atoms with van der Waals surface area (Å²) in [7, 11) is 0. The highest BCUT2D eigenvalue weighted by Gasteiger charge is 2.27. The molecule has 35 heavy (non-hydrogen) atoms. The Hall–Kier alpha value is -3.35. The number of nitrogens with one attached hydrogen (secondary N) is 1. The van der Waals surface area contributed by atoms with Gasteiger partial charge in [0.25, 0.3) is 0 Å². The van der Waals surface area contributed by atoms with Crippen LogP contribution in [0.15, 0.2) is 52.9 Å². The maximum Gasteiger partial charge on any atom is 0.223 e. The fourth-order valence-electron chi connectivity index (χ4n) is 4.39. The van der Waals surface area contributed by atoms with Gasteiger partial charge >= 0.3 is 0 Å². The van der Waals surface area contributed by atoms with Gasteiger partial charge in [-0.1, -0.05) is 64.1 Å². The van der Waals surface area contributed by atoms with Crippen LogP contribution in [0.5, 0.6) is 5.75 Å². The molecule has 1 atom stereocenters. The van der Waals surface area contributed by atoms with E-state index in [-0.39, 0.29) is 17.9 Å². The highest BCUT2D eigenvalue weighted by Crippen LogP contribution is 2.27. The van der Waals surface area contributed by atoms with Crippen molar-refractivity contribution < 1.29 is 13.9 Å². The van der Waals surface area contributed by atoms with Crippen LogP contribution < -0.4 is 10.1 Å². The third-order valence-electron chi connectivity index (χ3n) is 6.26. The van der Waals surface area contributed by atoms with Crippen molar-refractivity contribution in [1.82, 2.24) is 15.1 Å². The number of carbonyl (C=O) groups is 1. The lowest BCUT2D eigenvalue weighted by Gasteiger charge is -2.33. The average molecular weight is 477 g/mol. The van der Waals surface area contributed by atoms with Gasteiger partial charge in [0.05, 0.1) is 6.04 Å². The number of carbonyl (C=O) groups excluding carboxylic acids is 1. The number of hydrogen-bond acceptors (Lipinski definition) is 6. The number of rotatable bonds is 6. The van der Waals surface area contributed by atoms with Crippen molar-refractivity contribution in [3.63, 3.8) is 0 Å². The van der Waals surface area contributed by atoms with Gasteiger partial charge in [0.2, 0.25) is 17.7 Å². The quantitative estimate of drug-likeness (QED) is 0.501. The van der Waals surface area contributed by atoms with E-state index in [4.69, 9.17) is 9.15 Å². The summed E-state index contributed by atoms with van der Waals surface area (Å²) < 4.78 is 12.1. The predicted octanol–water partition coefficient (Wildman–Crippen LogP) is 5.57. The summed E-state index contributed by atoms with van der Waals surface area (Å²) in [6.07, 6.45) is 1.58. The molecular weight excluding hydrogens is 440 g/mol. The maximum absolute atomic E-state index is 13.7. The fraction of sp³-hybridized carbons (Fsp3) is 0.464. The molecule has 0 saturated carbocycles. The molecule has 186 valence electrons. The lowest BCUT2D eigenvalue weighted by atomic mass is 10.0. The van der Waals surface area contributed by atoms with E-state index >= 15 is 0 Å². The lowest BCUT2D eigenvalue weighted by molar-refractivity contribution is -0.135. The third-order valence-corrected chi connectivity index (χ3v) is 6.26. The highest BCUT2D eigenvalue weighted by atomic mass is 16.5. The number of hydrogen-bond donors (Lipinski definition) is 1. The average Bonchev–Trinajstić information content (AvgIpc) is 3.32. The number of amides is 1. The van der Waals surface area contributed by atoms with E-state index in [1.807, 2.05) is 49.1 Å². The molecule has 1 amide bonds. The smallest absolute Gasteiger partial charge is 0.223 e.